The van der Waals surface area contributed by atoms with Gasteiger partial charge in [0, 0.05) is 23.6 Å². The van der Waals surface area contributed by atoms with Crippen molar-refractivity contribution in [1.82, 2.24) is 9.55 Å². The van der Waals surface area contributed by atoms with Gasteiger partial charge in [0.15, 0.2) is 0 Å². The fraction of sp³-hybridized carbons (Fsp3) is 0.333. The highest BCUT2D eigenvalue weighted by molar-refractivity contribution is 8.00. The van der Waals surface area contributed by atoms with Gasteiger partial charge in [0.05, 0.1) is 11.0 Å². The number of aromatic nitrogens is 2. The molecule has 4 aromatic carbocycles. The van der Waals surface area contributed by atoms with Crippen LogP contribution in [-0.4, -0.2) is 43.2 Å². The number of carboxylic acids is 1. The first-order valence-corrected chi connectivity index (χ1v) is 17.1. The molecule has 1 aromatic heterocycles. The molecule has 2 N–H and O–H groups in total. The van der Waals surface area contributed by atoms with E-state index in [9.17, 15) is 15.0 Å². The Bertz CT molecular complexity index is 1970. The number of hydrogen-bond acceptors (Lipinski definition) is 7. The number of aliphatic carboxylic acids is 1. The van der Waals surface area contributed by atoms with Crippen LogP contribution in [0.5, 0.6) is 23.0 Å². The number of thioether (sulfide) groups is 1. The molecular weight excluding hydrogens is 625 g/mol. The molecule has 1 aliphatic rings. The number of imidazole rings is 1. The van der Waals surface area contributed by atoms with E-state index in [0.29, 0.717) is 24.5 Å². The van der Waals surface area contributed by atoms with Crippen molar-refractivity contribution in [3.8, 4) is 23.0 Å². The van der Waals surface area contributed by atoms with Gasteiger partial charge in [0.25, 0.3) is 0 Å². The molecule has 1 aliphatic heterocycles. The number of hydrogen-bond donors (Lipinski definition) is 2. The highest BCUT2D eigenvalue weighted by Crippen LogP contribution is 2.43. The molecule has 0 saturated heterocycles. The Kier molecular flexibility index (Phi) is 9.34. The highest BCUT2D eigenvalue weighted by Gasteiger charge is 2.35. The molecule has 0 aliphatic carbocycles. The van der Waals surface area contributed by atoms with Crippen LogP contribution in [0.25, 0.3) is 11.0 Å². The summed E-state index contributed by atoms with van der Waals surface area (Å²) in [4.78, 5) is 17.7. The van der Waals surface area contributed by atoms with Crippen LogP contribution in [0.3, 0.4) is 0 Å². The van der Waals surface area contributed by atoms with Crippen molar-refractivity contribution in [3.05, 3.63) is 106 Å². The standard InChI is InChI=1S/C39H42N2O6S/c1-23-7-14-30(15-8-23)48-34(38(43)44)19-27-9-11-28(12-10-27)45-21-35-40-32-16-13-29(20-33(32)41(35)6)46-22-39(5)18-17-31-26(4)36(42)24(2)25(3)37(31)47-39/h7-16,20,34,42H,17-19,21-22H2,1-6H3,(H,43,44). The minimum atomic E-state index is -0.833. The Labute approximate surface area is 285 Å². The van der Waals surface area contributed by atoms with E-state index in [4.69, 9.17) is 19.2 Å². The Hall–Kier alpha value is -4.63. The molecule has 2 unspecified atom stereocenters. The number of aryl methyl sites for hydroxylation is 2. The van der Waals surface area contributed by atoms with Crippen LogP contribution in [0.4, 0.5) is 0 Å². The fourth-order valence-electron chi connectivity index (χ4n) is 6.11. The maximum atomic E-state index is 12.0. The molecular formula is C39H42N2O6S. The van der Waals surface area contributed by atoms with E-state index in [1.807, 2.05) is 106 Å². The SMILES string of the molecule is Cc1ccc(SC(Cc2ccc(OCc3nc4ccc(OCC5(C)CCc6c(C)c(O)c(C)c(C)c6O5)cc4n3C)cc2)C(=O)O)cc1. The first-order chi connectivity index (χ1) is 22.9. The molecule has 9 heteroatoms. The summed E-state index contributed by atoms with van der Waals surface area (Å²) < 4.78 is 20.9. The lowest BCUT2D eigenvalue weighted by atomic mass is 9.87. The van der Waals surface area contributed by atoms with Gasteiger partial charge in [-0.3, -0.25) is 4.79 Å². The van der Waals surface area contributed by atoms with Crippen molar-refractivity contribution in [2.45, 2.75) is 76.2 Å². The molecule has 0 radical (unpaired) electrons. The number of nitrogens with zero attached hydrogens (tertiary/aromatic N) is 2. The summed E-state index contributed by atoms with van der Waals surface area (Å²) in [5.74, 6) is 2.58. The van der Waals surface area contributed by atoms with Gasteiger partial charge in [0.1, 0.15) is 52.9 Å². The van der Waals surface area contributed by atoms with Gasteiger partial charge in [-0.15, -0.1) is 11.8 Å². The number of phenolic OH excluding ortho intramolecular Hbond substituents is 1. The van der Waals surface area contributed by atoms with Gasteiger partial charge in [-0.2, -0.15) is 0 Å². The molecule has 0 amide bonds. The van der Waals surface area contributed by atoms with Gasteiger partial charge in [-0.05, 0) is 113 Å². The number of benzene rings is 4. The van der Waals surface area contributed by atoms with Crippen LogP contribution in [0, 0.1) is 27.7 Å². The predicted octanol–water partition coefficient (Wildman–Crippen LogP) is 8.04. The van der Waals surface area contributed by atoms with Crippen LogP contribution in [-0.2, 0) is 31.3 Å². The maximum absolute atomic E-state index is 12.0. The molecule has 6 rings (SSSR count). The second kappa shape index (κ2) is 13.5. The third-order valence-electron chi connectivity index (χ3n) is 9.37. The average molecular weight is 667 g/mol. The van der Waals surface area contributed by atoms with Gasteiger partial charge in [-0.1, -0.05) is 29.8 Å². The number of rotatable bonds is 11. The minimum Gasteiger partial charge on any atom is -0.507 e. The Morgan fingerprint density at radius 3 is 2.40 bits per heavy atom. The second-order valence-corrected chi connectivity index (χ2v) is 14.3. The smallest absolute Gasteiger partial charge is 0.317 e. The van der Waals surface area contributed by atoms with E-state index in [0.717, 1.165) is 79.5 Å². The minimum absolute atomic E-state index is 0.279. The molecule has 0 fully saturated rings. The number of fused-ring (bicyclic) bond motifs is 2. The number of ether oxygens (including phenoxy) is 3. The van der Waals surface area contributed by atoms with E-state index in [-0.39, 0.29) is 6.61 Å². The molecule has 0 bridgehead atoms. The molecule has 0 spiro atoms. The third-order valence-corrected chi connectivity index (χ3v) is 10.6. The number of phenols is 1. The first-order valence-electron chi connectivity index (χ1n) is 16.2. The monoisotopic (exact) mass is 666 g/mol. The second-order valence-electron chi connectivity index (χ2n) is 13.0. The van der Waals surface area contributed by atoms with Crippen molar-refractivity contribution in [1.29, 1.82) is 0 Å². The summed E-state index contributed by atoms with van der Waals surface area (Å²) in [5, 5.41) is 19.7. The number of carbonyl (C=O) groups is 1. The molecule has 2 atom stereocenters. The predicted molar refractivity (Wildman–Crippen MR) is 189 cm³/mol. The Morgan fingerprint density at radius 1 is 0.979 bits per heavy atom. The summed E-state index contributed by atoms with van der Waals surface area (Å²) in [6.45, 7) is 10.6. The third kappa shape index (κ3) is 6.97. The van der Waals surface area contributed by atoms with Crippen molar-refractivity contribution in [2.75, 3.05) is 6.61 Å². The van der Waals surface area contributed by atoms with Gasteiger partial charge < -0.3 is 29.0 Å². The summed E-state index contributed by atoms with van der Waals surface area (Å²) in [6, 6.07) is 21.4. The average Bonchev–Trinajstić information content (AvgIpc) is 3.40. The van der Waals surface area contributed by atoms with E-state index in [2.05, 4.69) is 6.92 Å². The zero-order chi connectivity index (χ0) is 34.2. The summed E-state index contributed by atoms with van der Waals surface area (Å²) in [6.07, 6.45) is 2.01. The topological polar surface area (TPSA) is 103 Å². The normalized spacial score (nSPS) is 16.3. The quantitative estimate of drug-likeness (QED) is 0.137. The molecule has 250 valence electrons. The van der Waals surface area contributed by atoms with E-state index in [1.54, 1.807) is 0 Å². The van der Waals surface area contributed by atoms with E-state index < -0.39 is 16.8 Å². The van der Waals surface area contributed by atoms with E-state index in [1.165, 1.54) is 11.8 Å². The van der Waals surface area contributed by atoms with Crippen molar-refractivity contribution >= 4 is 28.8 Å². The van der Waals surface area contributed by atoms with E-state index >= 15 is 0 Å². The van der Waals surface area contributed by atoms with Gasteiger partial charge >= 0.3 is 5.97 Å². The van der Waals surface area contributed by atoms with Crippen molar-refractivity contribution in [3.63, 3.8) is 0 Å². The van der Waals surface area contributed by atoms with Crippen LogP contribution < -0.4 is 14.2 Å². The van der Waals surface area contributed by atoms with Crippen LogP contribution in [0.1, 0.15) is 52.5 Å². The Morgan fingerprint density at radius 2 is 1.69 bits per heavy atom. The maximum Gasteiger partial charge on any atom is 0.317 e. The zero-order valence-electron chi connectivity index (χ0n) is 28.3. The molecule has 5 aromatic rings. The van der Waals surface area contributed by atoms with Crippen molar-refractivity contribution in [2.24, 2.45) is 7.05 Å². The lowest BCUT2D eigenvalue weighted by Gasteiger charge is -2.37. The van der Waals surface area contributed by atoms with Crippen LogP contribution in [0.2, 0.25) is 0 Å². The van der Waals surface area contributed by atoms with Gasteiger partial charge in [0.2, 0.25) is 0 Å². The lowest BCUT2D eigenvalue weighted by molar-refractivity contribution is -0.136. The number of aromatic hydroxyl groups is 1. The summed E-state index contributed by atoms with van der Waals surface area (Å²) >= 11 is 1.36. The fourth-order valence-corrected chi connectivity index (χ4v) is 7.11. The van der Waals surface area contributed by atoms with Crippen LogP contribution in [0.15, 0.2) is 71.6 Å². The largest absolute Gasteiger partial charge is 0.507 e. The zero-order valence-corrected chi connectivity index (χ0v) is 29.1. The number of carboxylic acid groups (broad SMARTS) is 1. The van der Waals surface area contributed by atoms with Gasteiger partial charge in [-0.25, -0.2) is 4.98 Å². The van der Waals surface area contributed by atoms with Crippen molar-refractivity contribution < 1.29 is 29.2 Å². The summed E-state index contributed by atoms with van der Waals surface area (Å²) in [7, 11) is 1.96. The highest BCUT2D eigenvalue weighted by atomic mass is 32.2. The molecule has 2 heterocycles. The molecule has 0 saturated carbocycles. The van der Waals surface area contributed by atoms with Crippen LogP contribution >= 0.6 is 11.8 Å². The Balaban J connectivity index is 1.07. The molecule has 48 heavy (non-hydrogen) atoms. The lowest BCUT2D eigenvalue weighted by Crippen LogP contribution is -2.42. The summed E-state index contributed by atoms with van der Waals surface area (Å²) in [5.41, 5.74) is 7.16. The first kappa shape index (κ1) is 33.3. The molecule has 8 nitrogen and oxygen atoms in total.